The molecule has 1 aliphatic rings. The highest BCUT2D eigenvalue weighted by Crippen LogP contribution is 2.46. The van der Waals surface area contributed by atoms with Crippen LogP contribution in [0.2, 0.25) is 0 Å². The first-order valence-electron chi connectivity index (χ1n) is 11.0. The maximum absolute atomic E-state index is 11.7. The number of carboxylic acids is 2. The summed E-state index contributed by atoms with van der Waals surface area (Å²) < 4.78 is 5.75. The zero-order valence-corrected chi connectivity index (χ0v) is 18.7. The summed E-state index contributed by atoms with van der Waals surface area (Å²) in [6.45, 7) is 7.91. The molecule has 0 fully saturated rings. The third kappa shape index (κ3) is 5.10. The number of unbranched alkanes of at least 4 members (excludes halogenated alkanes) is 2. The van der Waals surface area contributed by atoms with E-state index in [0.717, 1.165) is 53.2 Å². The molecule has 32 heavy (non-hydrogen) atoms. The second-order valence-corrected chi connectivity index (χ2v) is 8.29. The van der Waals surface area contributed by atoms with E-state index in [1.165, 1.54) is 0 Å². The molecule has 1 unspecified atom stereocenters. The summed E-state index contributed by atoms with van der Waals surface area (Å²) in [6, 6.07) is 12.0. The lowest BCUT2D eigenvalue weighted by Gasteiger charge is -2.30. The number of carboxylic acid groups (broad SMARTS) is 2. The average Bonchev–Trinajstić information content (AvgIpc) is 2.73. The van der Waals surface area contributed by atoms with Crippen LogP contribution in [0.1, 0.15) is 63.0 Å². The summed E-state index contributed by atoms with van der Waals surface area (Å²) in [7, 11) is 0. The molecule has 1 aliphatic carbocycles. The first-order valence-corrected chi connectivity index (χ1v) is 11.0. The van der Waals surface area contributed by atoms with Crippen molar-refractivity contribution < 1.29 is 24.5 Å². The molecule has 2 aromatic carbocycles. The van der Waals surface area contributed by atoms with Crippen LogP contribution in [0.5, 0.6) is 0 Å². The lowest BCUT2D eigenvalue weighted by Crippen LogP contribution is -2.17. The number of hydrogen-bond donors (Lipinski definition) is 2. The normalized spacial score (nSPS) is 15.7. The highest BCUT2D eigenvalue weighted by atomic mass is 16.5. The molecule has 0 saturated carbocycles. The molecule has 5 heteroatoms. The van der Waals surface area contributed by atoms with E-state index in [1.54, 1.807) is 0 Å². The van der Waals surface area contributed by atoms with Crippen molar-refractivity contribution in [3.05, 3.63) is 76.6 Å². The Morgan fingerprint density at radius 3 is 2.44 bits per heavy atom. The van der Waals surface area contributed by atoms with E-state index in [0.29, 0.717) is 16.9 Å². The van der Waals surface area contributed by atoms with E-state index in [1.807, 2.05) is 49.4 Å². The fourth-order valence-corrected chi connectivity index (χ4v) is 4.49. The van der Waals surface area contributed by atoms with Gasteiger partial charge in [0.2, 0.25) is 0 Å². The van der Waals surface area contributed by atoms with Crippen LogP contribution in [0.15, 0.2) is 65.5 Å². The van der Waals surface area contributed by atoms with Gasteiger partial charge in [0, 0.05) is 5.92 Å². The predicted octanol–water partition coefficient (Wildman–Crippen LogP) is 6.31. The molecule has 2 aromatic rings. The fourth-order valence-electron chi connectivity index (χ4n) is 4.49. The van der Waals surface area contributed by atoms with Gasteiger partial charge in [0.15, 0.2) is 6.61 Å². The van der Waals surface area contributed by atoms with Gasteiger partial charge in [-0.2, -0.15) is 0 Å². The minimum atomic E-state index is -1.06. The van der Waals surface area contributed by atoms with Crippen LogP contribution >= 0.6 is 0 Å². The Kier molecular flexibility index (Phi) is 7.52. The fraction of sp³-hybridized carbons (Fsp3) is 0.333. The van der Waals surface area contributed by atoms with E-state index < -0.39 is 24.5 Å². The Morgan fingerprint density at radius 1 is 1.06 bits per heavy atom. The summed E-state index contributed by atoms with van der Waals surface area (Å²) in [5, 5.41) is 20.9. The van der Waals surface area contributed by atoms with Crippen LogP contribution in [0.25, 0.3) is 16.8 Å². The van der Waals surface area contributed by atoms with Crippen molar-refractivity contribution in [2.24, 2.45) is 0 Å². The molecule has 3 rings (SSSR count). The van der Waals surface area contributed by atoms with Crippen molar-refractivity contribution in [3.8, 4) is 0 Å². The maximum Gasteiger partial charge on any atom is 0.341 e. The quantitative estimate of drug-likeness (QED) is 0.246. The lowest BCUT2D eigenvalue weighted by atomic mass is 9.75. The van der Waals surface area contributed by atoms with Crippen LogP contribution in [0.3, 0.4) is 0 Å². The van der Waals surface area contributed by atoms with Gasteiger partial charge in [-0.25, -0.2) is 4.79 Å². The highest BCUT2D eigenvalue weighted by Gasteiger charge is 2.30. The van der Waals surface area contributed by atoms with Gasteiger partial charge in [0.25, 0.3) is 0 Å². The number of ether oxygens (including phenoxy) is 1. The largest absolute Gasteiger partial charge is 0.482 e. The molecule has 0 saturated heterocycles. The second kappa shape index (κ2) is 10.3. The van der Waals surface area contributed by atoms with E-state index in [4.69, 9.17) is 4.74 Å². The summed E-state index contributed by atoms with van der Waals surface area (Å²) in [5.74, 6) is -1.90. The van der Waals surface area contributed by atoms with Gasteiger partial charge in [-0.1, -0.05) is 68.8 Å². The van der Waals surface area contributed by atoms with Crippen LogP contribution in [-0.4, -0.2) is 28.8 Å². The molecule has 0 bridgehead atoms. The zero-order valence-electron chi connectivity index (χ0n) is 18.7. The molecule has 5 nitrogen and oxygen atoms in total. The number of rotatable bonds is 11. The molecule has 0 spiro atoms. The van der Waals surface area contributed by atoms with Gasteiger partial charge in [-0.05, 0) is 58.4 Å². The number of benzene rings is 2. The summed E-state index contributed by atoms with van der Waals surface area (Å²) in [6.07, 6.45) is 5.68. The van der Waals surface area contributed by atoms with Gasteiger partial charge >= 0.3 is 11.9 Å². The zero-order chi connectivity index (χ0) is 23.3. The van der Waals surface area contributed by atoms with Gasteiger partial charge in [0.05, 0.1) is 6.42 Å². The van der Waals surface area contributed by atoms with Crippen LogP contribution < -0.4 is 0 Å². The van der Waals surface area contributed by atoms with Gasteiger partial charge in [0.1, 0.15) is 5.76 Å². The molecule has 0 aromatic heterocycles. The highest BCUT2D eigenvalue weighted by molar-refractivity contribution is 5.97. The van der Waals surface area contributed by atoms with E-state index in [2.05, 4.69) is 13.5 Å². The second-order valence-electron chi connectivity index (χ2n) is 8.29. The standard InChI is InChI=1S/C27H30O5/c1-4-5-6-9-17(2)27(32-16-24(30)31)18(3)25-21(15-23(28)29)14-20-12-7-10-19-11-8-13-22(25)26(19)20/h7-8,10-14,25H,3-6,9,15-16H2,1-2H3,(H,28,29)(H,30,31). The Balaban J connectivity index is 2.11. The number of allylic oxidation sites excluding steroid dienone is 2. The minimum absolute atomic E-state index is 0.129. The Morgan fingerprint density at radius 2 is 1.78 bits per heavy atom. The van der Waals surface area contributed by atoms with E-state index in [9.17, 15) is 19.8 Å². The number of hydrogen-bond acceptors (Lipinski definition) is 3. The molecular formula is C27H30O5. The topological polar surface area (TPSA) is 83.8 Å². The minimum Gasteiger partial charge on any atom is -0.482 e. The third-order valence-electron chi connectivity index (χ3n) is 5.87. The summed E-state index contributed by atoms with van der Waals surface area (Å²) >= 11 is 0. The van der Waals surface area contributed by atoms with Crippen LogP contribution in [-0.2, 0) is 14.3 Å². The summed E-state index contributed by atoms with van der Waals surface area (Å²) in [5.41, 5.74) is 4.21. The molecule has 0 aliphatic heterocycles. The monoisotopic (exact) mass is 434 g/mol. The van der Waals surface area contributed by atoms with Crippen molar-refractivity contribution in [2.45, 2.75) is 51.9 Å². The molecule has 0 amide bonds. The average molecular weight is 435 g/mol. The Hall–Kier alpha value is -3.34. The smallest absolute Gasteiger partial charge is 0.341 e. The number of carbonyl (C=O) groups is 2. The van der Waals surface area contributed by atoms with E-state index in [-0.39, 0.29) is 6.42 Å². The lowest BCUT2D eigenvalue weighted by molar-refractivity contribution is -0.140. The van der Waals surface area contributed by atoms with Crippen LogP contribution in [0, 0.1) is 0 Å². The maximum atomic E-state index is 11.7. The molecule has 0 heterocycles. The Bertz CT molecular complexity index is 1100. The molecule has 1 atom stereocenters. The van der Waals surface area contributed by atoms with Gasteiger partial charge in [-0.3, -0.25) is 4.79 Å². The van der Waals surface area contributed by atoms with Crippen molar-refractivity contribution >= 4 is 28.8 Å². The molecule has 0 radical (unpaired) electrons. The predicted molar refractivity (Wildman–Crippen MR) is 126 cm³/mol. The van der Waals surface area contributed by atoms with Crippen molar-refractivity contribution in [2.75, 3.05) is 6.61 Å². The molecule has 2 N–H and O–H groups in total. The van der Waals surface area contributed by atoms with Gasteiger partial charge in [-0.15, -0.1) is 0 Å². The summed E-state index contributed by atoms with van der Waals surface area (Å²) in [4.78, 5) is 22.9. The third-order valence-corrected chi connectivity index (χ3v) is 5.87. The van der Waals surface area contributed by atoms with Gasteiger partial charge < -0.3 is 14.9 Å². The Labute approximate surface area is 188 Å². The number of aliphatic carboxylic acids is 2. The van der Waals surface area contributed by atoms with Crippen LogP contribution in [0.4, 0.5) is 0 Å². The van der Waals surface area contributed by atoms with Crippen molar-refractivity contribution in [3.63, 3.8) is 0 Å². The van der Waals surface area contributed by atoms with Crippen molar-refractivity contribution in [1.29, 1.82) is 0 Å². The first kappa shape index (κ1) is 23.3. The first-order chi connectivity index (χ1) is 15.3. The molecule has 168 valence electrons. The molecular weight excluding hydrogens is 404 g/mol. The SMILES string of the molecule is C=C(C(OCC(=O)O)=C(C)CCCCC)C1C(CC(=O)O)=Cc2cccc3cccc1c23. The van der Waals surface area contributed by atoms with Crippen molar-refractivity contribution in [1.82, 2.24) is 0 Å². The van der Waals surface area contributed by atoms with E-state index >= 15 is 0 Å².